The standard InChI is InChI=1S/C17H23ClN4O2/c1-9(2)12-5-10(3)13(18)6-14(12)24-15-7-20-17(22-16(15)19)21-11(4)8-23/h5-7,9,11,23H,8H2,1-4H3,(H3,19,20,21,22)/t11-/m1/s1. The molecule has 1 aromatic heterocycles. The molecule has 1 atom stereocenters. The van der Waals surface area contributed by atoms with Gasteiger partial charge in [-0.1, -0.05) is 31.5 Å². The van der Waals surface area contributed by atoms with Crippen molar-refractivity contribution in [2.75, 3.05) is 17.7 Å². The first kappa shape index (κ1) is 18.3. The topological polar surface area (TPSA) is 93.3 Å². The molecule has 0 radical (unpaired) electrons. The van der Waals surface area contributed by atoms with Gasteiger partial charge in [0.15, 0.2) is 11.6 Å². The third-order valence-corrected chi connectivity index (χ3v) is 3.97. The van der Waals surface area contributed by atoms with Gasteiger partial charge in [-0.05, 0) is 37.0 Å². The number of hydrogen-bond acceptors (Lipinski definition) is 6. The van der Waals surface area contributed by atoms with Gasteiger partial charge in [0.25, 0.3) is 0 Å². The second kappa shape index (κ2) is 7.68. The molecule has 0 aliphatic heterocycles. The van der Waals surface area contributed by atoms with E-state index >= 15 is 0 Å². The zero-order chi connectivity index (χ0) is 17.9. The van der Waals surface area contributed by atoms with E-state index in [-0.39, 0.29) is 24.4 Å². The summed E-state index contributed by atoms with van der Waals surface area (Å²) in [4.78, 5) is 8.32. The zero-order valence-corrected chi connectivity index (χ0v) is 15.1. The van der Waals surface area contributed by atoms with Crippen molar-refractivity contribution in [2.45, 2.75) is 39.7 Å². The van der Waals surface area contributed by atoms with Crippen LogP contribution in [0, 0.1) is 6.92 Å². The van der Waals surface area contributed by atoms with Gasteiger partial charge >= 0.3 is 0 Å². The fourth-order valence-corrected chi connectivity index (χ4v) is 2.30. The molecule has 1 heterocycles. The van der Waals surface area contributed by atoms with Gasteiger partial charge in [-0.3, -0.25) is 0 Å². The van der Waals surface area contributed by atoms with E-state index in [2.05, 4.69) is 29.1 Å². The van der Waals surface area contributed by atoms with Crippen molar-refractivity contribution in [3.63, 3.8) is 0 Å². The highest BCUT2D eigenvalue weighted by Gasteiger charge is 2.14. The smallest absolute Gasteiger partial charge is 0.225 e. The van der Waals surface area contributed by atoms with Gasteiger partial charge in [-0.15, -0.1) is 0 Å². The highest BCUT2D eigenvalue weighted by Crippen LogP contribution is 2.36. The zero-order valence-electron chi connectivity index (χ0n) is 14.3. The summed E-state index contributed by atoms with van der Waals surface area (Å²) in [5.74, 6) is 1.82. The summed E-state index contributed by atoms with van der Waals surface area (Å²) in [5, 5.41) is 12.6. The Labute approximate surface area is 147 Å². The minimum atomic E-state index is -0.167. The third-order valence-electron chi connectivity index (χ3n) is 3.57. The first-order valence-corrected chi connectivity index (χ1v) is 8.17. The van der Waals surface area contributed by atoms with E-state index in [1.807, 2.05) is 19.9 Å². The van der Waals surface area contributed by atoms with Crippen LogP contribution in [0.1, 0.15) is 37.8 Å². The van der Waals surface area contributed by atoms with Crippen molar-refractivity contribution < 1.29 is 9.84 Å². The van der Waals surface area contributed by atoms with E-state index in [1.54, 1.807) is 6.07 Å². The summed E-state index contributed by atoms with van der Waals surface area (Å²) in [7, 11) is 0. The molecular weight excluding hydrogens is 328 g/mol. The molecular formula is C17H23ClN4O2. The van der Waals surface area contributed by atoms with Gasteiger partial charge in [0, 0.05) is 11.1 Å². The van der Waals surface area contributed by atoms with Gasteiger partial charge in [0.05, 0.1) is 12.8 Å². The number of nitrogen functional groups attached to an aromatic ring is 1. The second-order valence-corrected chi connectivity index (χ2v) is 6.47. The van der Waals surface area contributed by atoms with Crippen LogP contribution in [0.25, 0.3) is 0 Å². The number of nitrogens with two attached hydrogens (primary N) is 1. The number of rotatable bonds is 6. The summed E-state index contributed by atoms with van der Waals surface area (Å²) in [6.45, 7) is 7.91. The SMILES string of the molecule is Cc1cc(C(C)C)c(Oc2cnc(N[C@H](C)CO)nc2N)cc1Cl. The quantitative estimate of drug-likeness (QED) is 0.735. The summed E-state index contributed by atoms with van der Waals surface area (Å²) >= 11 is 6.22. The first-order valence-electron chi connectivity index (χ1n) is 7.79. The lowest BCUT2D eigenvalue weighted by Gasteiger charge is -2.17. The fourth-order valence-electron chi connectivity index (χ4n) is 2.14. The highest BCUT2D eigenvalue weighted by atomic mass is 35.5. The maximum Gasteiger partial charge on any atom is 0.225 e. The minimum Gasteiger partial charge on any atom is -0.451 e. The van der Waals surface area contributed by atoms with E-state index in [1.165, 1.54) is 6.20 Å². The van der Waals surface area contributed by atoms with Crippen molar-refractivity contribution in [1.29, 1.82) is 0 Å². The molecule has 2 aromatic rings. The van der Waals surface area contributed by atoms with Gasteiger partial charge in [-0.2, -0.15) is 4.98 Å². The number of nitrogens with zero attached hydrogens (tertiary/aromatic N) is 2. The Hall–Kier alpha value is -2.05. The number of anilines is 2. The normalized spacial score (nSPS) is 12.3. The van der Waals surface area contributed by atoms with Crippen molar-refractivity contribution in [1.82, 2.24) is 9.97 Å². The number of aromatic nitrogens is 2. The molecule has 130 valence electrons. The molecule has 0 spiro atoms. The maximum atomic E-state index is 9.06. The highest BCUT2D eigenvalue weighted by molar-refractivity contribution is 6.31. The van der Waals surface area contributed by atoms with E-state index in [9.17, 15) is 0 Å². The summed E-state index contributed by atoms with van der Waals surface area (Å²) < 4.78 is 5.91. The number of ether oxygens (including phenoxy) is 1. The van der Waals surface area contributed by atoms with Crippen molar-refractivity contribution in [3.05, 3.63) is 34.5 Å². The van der Waals surface area contributed by atoms with Crippen LogP contribution in [-0.2, 0) is 0 Å². The summed E-state index contributed by atoms with van der Waals surface area (Å²) in [5.41, 5.74) is 8.00. The second-order valence-electron chi connectivity index (χ2n) is 6.07. The Bertz CT molecular complexity index is 722. The lowest BCUT2D eigenvalue weighted by atomic mass is 10.00. The first-order chi connectivity index (χ1) is 11.3. The predicted molar refractivity (Wildman–Crippen MR) is 97.0 cm³/mol. The minimum absolute atomic E-state index is 0.0267. The van der Waals surface area contributed by atoms with E-state index < -0.39 is 0 Å². The van der Waals surface area contributed by atoms with Crippen LogP contribution in [0.15, 0.2) is 18.3 Å². The Morgan fingerprint density at radius 3 is 2.58 bits per heavy atom. The molecule has 0 saturated heterocycles. The monoisotopic (exact) mass is 350 g/mol. The van der Waals surface area contributed by atoms with Crippen molar-refractivity contribution >= 4 is 23.4 Å². The number of halogens is 1. The maximum absolute atomic E-state index is 9.06. The van der Waals surface area contributed by atoms with Gasteiger partial charge < -0.3 is 20.9 Å². The predicted octanol–water partition coefficient (Wildman–Crippen LogP) is 3.73. The average molecular weight is 351 g/mol. The molecule has 4 N–H and O–H groups in total. The summed E-state index contributed by atoms with van der Waals surface area (Å²) in [6, 6.07) is 3.63. The number of benzene rings is 1. The molecule has 2 rings (SSSR count). The molecule has 24 heavy (non-hydrogen) atoms. The molecule has 7 heteroatoms. The number of aliphatic hydroxyl groups excluding tert-OH is 1. The molecule has 0 aliphatic carbocycles. The summed E-state index contributed by atoms with van der Waals surface area (Å²) in [6.07, 6.45) is 1.51. The lowest BCUT2D eigenvalue weighted by molar-refractivity contribution is 0.281. The molecule has 0 unspecified atom stereocenters. The van der Waals surface area contributed by atoms with Crippen LogP contribution in [0.3, 0.4) is 0 Å². The molecule has 6 nitrogen and oxygen atoms in total. The van der Waals surface area contributed by atoms with E-state index in [0.29, 0.717) is 22.5 Å². The fraction of sp³-hybridized carbons (Fsp3) is 0.412. The van der Waals surface area contributed by atoms with Crippen molar-refractivity contribution in [3.8, 4) is 11.5 Å². The third kappa shape index (κ3) is 4.27. The van der Waals surface area contributed by atoms with Crippen LogP contribution in [0.4, 0.5) is 11.8 Å². The number of aryl methyl sites for hydroxylation is 1. The number of aliphatic hydroxyl groups is 1. The molecule has 0 bridgehead atoms. The Kier molecular flexibility index (Phi) is 5.85. The van der Waals surface area contributed by atoms with Crippen LogP contribution in [-0.4, -0.2) is 27.7 Å². The van der Waals surface area contributed by atoms with Crippen LogP contribution < -0.4 is 15.8 Å². The van der Waals surface area contributed by atoms with Crippen molar-refractivity contribution in [2.24, 2.45) is 0 Å². The van der Waals surface area contributed by atoms with Crippen LogP contribution >= 0.6 is 11.6 Å². The van der Waals surface area contributed by atoms with Crippen LogP contribution in [0.5, 0.6) is 11.5 Å². The van der Waals surface area contributed by atoms with Gasteiger partial charge in [0.1, 0.15) is 5.75 Å². The largest absolute Gasteiger partial charge is 0.451 e. The molecule has 1 aromatic carbocycles. The average Bonchev–Trinajstić information content (AvgIpc) is 2.52. The lowest BCUT2D eigenvalue weighted by Crippen LogP contribution is -2.21. The molecule has 0 aliphatic rings. The molecule has 0 fully saturated rings. The van der Waals surface area contributed by atoms with Crippen LogP contribution in [0.2, 0.25) is 5.02 Å². The van der Waals surface area contributed by atoms with E-state index in [0.717, 1.165) is 11.1 Å². The number of hydrogen-bond donors (Lipinski definition) is 3. The van der Waals surface area contributed by atoms with Gasteiger partial charge in [0.2, 0.25) is 5.95 Å². The van der Waals surface area contributed by atoms with E-state index in [4.69, 9.17) is 27.2 Å². The Morgan fingerprint density at radius 2 is 2.00 bits per heavy atom. The molecule has 0 saturated carbocycles. The number of nitrogens with one attached hydrogen (secondary N) is 1. The molecule has 0 amide bonds. The van der Waals surface area contributed by atoms with Gasteiger partial charge in [-0.25, -0.2) is 4.98 Å². The Balaban J connectivity index is 2.30. The Morgan fingerprint density at radius 1 is 1.29 bits per heavy atom.